The fourth-order valence-electron chi connectivity index (χ4n) is 3.45. The number of piperidine rings is 1. The van der Waals surface area contributed by atoms with Crippen molar-refractivity contribution in [2.45, 2.75) is 24.2 Å². The quantitative estimate of drug-likeness (QED) is 0.645. The Morgan fingerprint density at radius 2 is 1.87 bits per heavy atom. The maximum atomic E-state index is 12.9. The van der Waals surface area contributed by atoms with Crippen LogP contribution >= 0.6 is 11.6 Å². The Kier molecular flexibility index (Phi) is 5.90. The zero-order valence-corrected chi connectivity index (χ0v) is 17.7. The first-order valence-electron chi connectivity index (χ1n) is 9.64. The van der Waals surface area contributed by atoms with Crippen LogP contribution in [-0.2, 0) is 10.0 Å². The Morgan fingerprint density at radius 1 is 1.07 bits per heavy atom. The summed E-state index contributed by atoms with van der Waals surface area (Å²) in [6.45, 7) is 1.03. The number of rotatable bonds is 5. The second kappa shape index (κ2) is 8.59. The van der Waals surface area contributed by atoms with Gasteiger partial charge in [-0.15, -0.1) is 0 Å². The van der Waals surface area contributed by atoms with Crippen LogP contribution in [0.15, 0.2) is 66.1 Å². The van der Waals surface area contributed by atoms with E-state index < -0.39 is 15.9 Å². The molecule has 7 nitrogen and oxygen atoms in total. The van der Waals surface area contributed by atoms with Crippen molar-refractivity contribution >= 4 is 33.2 Å². The van der Waals surface area contributed by atoms with Gasteiger partial charge < -0.3 is 9.88 Å². The standard InChI is InChI=1S/C21H21ClN4O3S/c22-19-14-17(7-8-20(19)25-12-9-23-15-25)24-21(27)16-5-4-6-18(13-16)30(28,29)26-10-2-1-3-11-26/h4-9,12-15H,1-3,10-11H2,(H,24,27). The highest BCUT2D eigenvalue weighted by Crippen LogP contribution is 2.25. The molecule has 1 aliphatic heterocycles. The lowest BCUT2D eigenvalue weighted by Crippen LogP contribution is -2.35. The summed E-state index contributed by atoms with van der Waals surface area (Å²) in [5.41, 5.74) is 1.52. The normalized spacial score (nSPS) is 15.1. The van der Waals surface area contributed by atoms with Gasteiger partial charge in [0, 0.05) is 36.7 Å². The van der Waals surface area contributed by atoms with Crippen molar-refractivity contribution in [3.8, 4) is 5.69 Å². The molecule has 1 saturated heterocycles. The highest BCUT2D eigenvalue weighted by atomic mass is 35.5. The summed E-state index contributed by atoms with van der Waals surface area (Å²) >= 11 is 6.34. The van der Waals surface area contributed by atoms with Crippen molar-refractivity contribution in [2.75, 3.05) is 18.4 Å². The number of hydrogen-bond donors (Lipinski definition) is 1. The fraction of sp³-hybridized carbons (Fsp3) is 0.238. The van der Waals surface area contributed by atoms with E-state index in [1.54, 1.807) is 53.6 Å². The van der Waals surface area contributed by atoms with Crippen molar-refractivity contribution < 1.29 is 13.2 Å². The number of nitrogens with zero attached hydrogens (tertiary/aromatic N) is 3. The number of aromatic nitrogens is 2. The first-order valence-corrected chi connectivity index (χ1v) is 11.5. The molecule has 9 heteroatoms. The maximum Gasteiger partial charge on any atom is 0.255 e. The van der Waals surface area contributed by atoms with Crippen LogP contribution in [0.25, 0.3) is 5.69 Å². The first kappa shape index (κ1) is 20.6. The minimum Gasteiger partial charge on any atom is -0.322 e. The molecule has 2 aromatic carbocycles. The van der Waals surface area contributed by atoms with Gasteiger partial charge in [0.15, 0.2) is 0 Å². The van der Waals surface area contributed by atoms with E-state index >= 15 is 0 Å². The van der Waals surface area contributed by atoms with Gasteiger partial charge in [0.1, 0.15) is 0 Å². The van der Waals surface area contributed by atoms with Crippen molar-refractivity contribution in [1.29, 1.82) is 0 Å². The molecule has 0 atom stereocenters. The Hall–Kier alpha value is -2.68. The summed E-state index contributed by atoms with van der Waals surface area (Å²) in [5.74, 6) is -0.405. The number of anilines is 1. The van der Waals surface area contributed by atoms with Gasteiger partial charge in [-0.05, 0) is 49.2 Å². The monoisotopic (exact) mass is 444 g/mol. The molecule has 0 unspecified atom stereocenters. The third-order valence-electron chi connectivity index (χ3n) is 5.04. The third-order valence-corrected chi connectivity index (χ3v) is 7.23. The lowest BCUT2D eigenvalue weighted by Gasteiger charge is -2.26. The molecule has 1 N–H and O–H groups in total. The zero-order chi connectivity index (χ0) is 21.1. The van der Waals surface area contributed by atoms with E-state index in [1.165, 1.54) is 16.4 Å². The molecule has 0 spiro atoms. The number of sulfonamides is 1. The molecule has 0 radical (unpaired) electrons. The average molecular weight is 445 g/mol. The average Bonchev–Trinajstić information content (AvgIpc) is 3.29. The molecule has 156 valence electrons. The number of benzene rings is 2. The van der Waals surface area contributed by atoms with Crippen molar-refractivity contribution in [1.82, 2.24) is 13.9 Å². The smallest absolute Gasteiger partial charge is 0.255 e. The van der Waals surface area contributed by atoms with E-state index in [4.69, 9.17) is 11.6 Å². The van der Waals surface area contributed by atoms with Crippen LogP contribution in [0.1, 0.15) is 29.6 Å². The number of halogens is 1. The molecular formula is C21H21ClN4O3S. The van der Waals surface area contributed by atoms with Crippen LogP contribution in [0.4, 0.5) is 5.69 Å². The molecule has 0 aliphatic carbocycles. The number of nitrogens with one attached hydrogen (secondary N) is 1. The lowest BCUT2D eigenvalue weighted by molar-refractivity contribution is 0.102. The summed E-state index contributed by atoms with van der Waals surface area (Å²) < 4.78 is 29.0. The summed E-state index contributed by atoms with van der Waals surface area (Å²) in [5, 5.41) is 3.22. The number of hydrogen-bond acceptors (Lipinski definition) is 4. The number of carbonyl (C=O) groups excluding carboxylic acids is 1. The van der Waals surface area contributed by atoms with E-state index in [-0.39, 0.29) is 10.5 Å². The zero-order valence-electron chi connectivity index (χ0n) is 16.2. The van der Waals surface area contributed by atoms with Gasteiger partial charge in [0.05, 0.1) is 21.9 Å². The first-order chi connectivity index (χ1) is 14.4. The van der Waals surface area contributed by atoms with Gasteiger partial charge in [-0.2, -0.15) is 4.31 Å². The van der Waals surface area contributed by atoms with E-state index in [2.05, 4.69) is 10.3 Å². The number of amides is 1. The molecule has 0 bridgehead atoms. The van der Waals surface area contributed by atoms with Gasteiger partial charge >= 0.3 is 0 Å². The van der Waals surface area contributed by atoms with Crippen LogP contribution < -0.4 is 5.32 Å². The Balaban J connectivity index is 1.53. The summed E-state index contributed by atoms with van der Waals surface area (Å²) in [7, 11) is -3.60. The molecule has 1 fully saturated rings. The van der Waals surface area contributed by atoms with E-state index in [0.29, 0.717) is 23.8 Å². The van der Waals surface area contributed by atoms with Gasteiger partial charge in [-0.1, -0.05) is 24.1 Å². The molecule has 1 aliphatic rings. The molecule has 1 amide bonds. The lowest BCUT2D eigenvalue weighted by atomic mass is 10.2. The molecule has 30 heavy (non-hydrogen) atoms. The number of carbonyl (C=O) groups is 1. The Labute approximate surface area is 180 Å². The molecule has 0 saturated carbocycles. The van der Waals surface area contributed by atoms with Gasteiger partial charge in [-0.25, -0.2) is 13.4 Å². The molecule has 1 aromatic heterocycles. The Bertz CT molecular complexity index is 1160. The van der Waals surface area contributed by atoms with Crippen molar-refractivity contribution in [2.24, 2.45) is 0 Å². The van der Waals surface area contributed by atoms with Crippen molar-refractivity contribution in [3.05, 3.63) is 71.8 Å². The summed E-state index contributed by atoms with van der Waals surface area (Å²) in [4.78, 5) is 16.8. The van der Waals surface area contributed by atoms with E-state index in [1.807, 2.05) is 0 Å². The van der Waals surface area contributed by atoms with Crippen LogP contribution in [0.2, 0.25) is 5.02 Å². The molecule has 3 aromatic rings. The van der Waals surface area contributed by atoms with Crippen LogP contribution in [0.3, 0.4) is 0 Å². The van der Waals surface area contributed by atoms with Crippen LogP contribution in [0.5, 0.6) is 0 Å². The largest absolute Gasteiger partial charge is 0.322 e. The minimum absolute atomic E-state index is 0.130. The predicted molar refractivity (Wildman–Crippen MR) is 116 cm³/mol. The molecule has 4 rings (SSSR count). The fourth-order valence-corrected chi connectivity index (χ4v) is 5.29. The highest BCUT2D eigenvalue weighted by molar-refractivity contribution is 7.89. The predicted octanol–water partition coefficient (Wildman–Crippen LogP) is 3.95. The Morgan fingerprint density at radius 3 is 2.57 bits per heavy atom. The SMILES string of the molecule is O=C(Nc1ccc(-n2ccnc2)c(Cl)c1)c1cccc(S(=O)(=O)N2CCCCC2)c1. The summed E-state index contributed by atoms with van der Waals surface area (Å²) in [6.07, 6.45) is 7.81. The second-order valence-electron chi connectivity index (χ2n) is 7.08. The minimum atomic E-state index is -3.60. The topological polar surface area (TPSA) is 84.3 Å². The van der Waals surface area contributed by atoms with E-state index in [0.717, 1.165) is 24.9 Å². The van der Waals surface area contributed by atoms with Crippen LogP contribution in [-0.4, -0.2) is 41.3 Å². The van der Waals surface area contributed by atoms with Crippen LogP contribution in [0, 0.1) is 0 Å². The molecule has 2 heterocycles. The van der Waals surface area contributed by atoms with Gasteiger partial charge in [0.25, 0.3) is 5.91 Å². The van der Waals surface area contributed by atoms with Gasteiger partial charge in [-0.3, -0.25) is 4.79 Å². The van der Waals surface area contributed by atoms with E-state index in [9.17, 15) is 13.2 Å². The van der Waals surface area contributed by atoms with Crippen molar-refractivity contribution in [3.63, 3.8) is 0 Å². The second-order valence-corrected chi connectivity index (χ2v) is 9.43. The number of imidazole rings is 1. The maximum absolute atomic E-state index is 12.9. The highest BCUT2D eigenvalue weighted by Gasteiger charge is 2.26. The molecular weight excluding hydrogens is 424 g/mol. The summed E-state index contributed by atoms with van der Waals surface area (Å²) in [6, 6.07) is 11.3. The third kappa shape index (κ3) is 4.26. The van der Waals surface area contributed by atoms with Gasteiger partial charge in [0.2, 0.25) is 10.0 Å².